The van der Waals surface area contributed by atoms with Crippen LogP contribution < -0.4 is 16.4 Å². The topological polar surface area (TPSA) is 72.4 Å². The first-order valence-corrected chi connectivity index (χ1v) is 6.50. The van der Waals surface area contributed by atoms with Gasteiger partial charge in [-0.2, -0.15) is 0 Å². The lowest BCUT2D eigenvalue weighted by atomic mass is 10.1. The molecule has 3 rings (SSSR count). The van der Waals surface area contributed by atoms with Crippen molar-refractivity contribution in [2.24, 2.45) is 16.9 Å². The number of rotatable bonds is 4. The zero-order valence-corrected chi connectivity index (χ0v) is 10.5. The van der Waals surface area contributed by atoms with Gasteiger partial charge in [0, 0.05) is 24.2 Å². The molecule has 1 aliphatic carbocycles. The van der Waals surface area contributed by atoms with Gasteiger partial charge in [-0.1, -0.05) is 12.1 Å². The summed E-state index contributed by atoms with van der Waals surface area (Å²) in [6.45, 7) is 1.97. The van der Waals surface area contributed by atoms with Crippen molar-refractivity contribution in [3.8, 4) is 0 Å². The molecule has 2 aliphatic rings. The van der Waals surface area contributed by atoms with Crippen molar-refractivity contribution in [3.05, 3.63) is 29.3 Å². The van der Waals surface area contributed by atoms with Crippen LogP contribution in [0.1, 0.15) is 24.0 Å². The Morgan fingerprint density at radius 2 is 2.06 bits per heavy atom. The van der Waals surface area contributed by atoms with Crippen molar-refractivity contribution in [2.45, 2.75) is 25.8 Å². The molecule has 4 N–H and O–H groups in total. The zero-order chi connectivity index (χ0) is 12.8. The monoisotopic (exact) mass is 245 g/mol. The van der Waals surface area contributed by atoms with Crippen molar-refractivity contribution < 1.29 is 4.79 Å². The normalized spacial score (nSPS) is 20.1. The van der Waals surface area contributed by atoms with Crippen LogP contribution in [0.15, 0.2) is 18.2 Å². The summed E-state index contributed by atoms with van der Waals surface area (Å²) in [5.41, 5.74) is 14.9. The lowest BCUT2D eigenvalue weighted by Crippen LogP contribution is -2.36. The average molecular weight is 245 g/mol. The van der Waals surface area contributed by atoms with Gasteiger partial charge in [-0.05, 0) is 36.6 Å². The average Bonchev–Trinajstić information content (AvgIpc) is 3.10. The van der Waals surface area contributed by atoms with E-state index in [1.165, 1.54) is 0 Å². The molecule has 1 aliphatic heterocycles. The maximum Gasteiger partial charge on any atom is 0.231 e. The van der Waals surface area contributed by atoms with E-state index in [-0.39, 0.29) is 11.3 Å². The molecule has 0 aromatic heterocycles. The van der Waals surface area contributed by atoms with Crippen LogP contribution in [0, 0.1) is 5.41 Å². The number of hydrogen-bond acceptors (Lipinski definition) is 3. The Bertz CT molecular complexity index is 494. The standard InChI is InChI=1S/C14H19N3O/c15-7-10-1-2-12-11(5-10)6-13(18)17(12)9-14(8-16)3-4-14/h1-2,5H,3-4,6-9,15-16H2. The molecule has 96 valence electrons. The van der Waals surface area contributed by atoms with Crippen molar-refractivity contribution >= 4 is 11.6 Å². The van der Waals surface area contributed by atoms with Gasteiger partial charge in [0.1, 0.15) is 0 Å². The quantitative estimate of drug-likeness (QED) is 0.823. The maximum atomic E-state index is 12.1. The van der Waals surface area contributed by atoms with E-state index in [1.807, 2.05) is 17.0 Å². The molecule has 1 saturated carbocycles. The summed E-state index contributed by atoms with van der Waals surface area (Å²) >= 11 is 0. The number of anilines is 1. The van der Waals surface area contributed by atoms with Gasteiger partial charge in [-0.15, -0.1) is 0 Å². The fourth-order valence-electron chi connectivity index (χ4n) is 2.68. The summed E-state index contributed by atoms with van der Waals surface area (Å²) in [4.78, 5) is 14.0. The number of nitrogens with zero attached hydrogens (tertiary/aromatic N) is 1. The summed E-state index contributed by atoms with van der Waals surface area (Å²) in [5.74, 6) is 0.193. The van der Waals surface area contributed by atoms with Gasteiger partial charge in [0.05, 0.1) is 6.42 Å². The van der Waals surface area contributed by atoms with Crippen molar-refractivity contribution in [2.75, 3.05) is 18.0 Å². The van der Waals surface area contributed by atoms with Gasteiger partial charge in [-0.3, -0.25) is 4.79 Å². The lowest BCUT2D eigenvalue weighted by molar-refractivity contribution is -0.117. The molecular formula is C14H19N3O. The van der Waals surface area contributed by atoms with Crippen LogP contribution in [0.3, 0.4) is 0 Å². The Balaban J connectivity index is 1.87. The van der Waals surface area contributed by atoms with Gasteiger partial charge in [-0.25, -0.2) is 0 Å². The van der Waals surface area contributed by atoms with Crippen LogP contribution in [-0.2, 0) is 17.8 Å². The summed E-state index contributed by atoms with van der Waals surface area (Å²) in [7, 11) is 0. The van der Waals surface area contributed by atoms with Crippen LogP contribution in [0.5, 0.6) is 0 Å². The second-order valence-electron chi connectivity index (χ2n) is 5.53. The SMILES string of the molecule is NCc1ccc2c(c1)CC(=O)N2CC1(CN)CC1. The minimum atomic E-state index is 0.184. The molecule has 0 radical (unpaired) electrons. The minimum absolute atomic E-state index is 0.184. The predicted molar refractivity (Wildman–Crippen MR) is 71.1 cm³/mol. The molecule has 4 heteroatoms. The molecule has 1 amide bonds. The van der Waals surface area contributed by atoms with Crippen LogP contribution in [0.25, 0.3) is 0 Å². The van der Waals surface area contributed by atoms with E-state index in [1.54, 1.807) is 0 Å². The minimum Gasteiger partial charge on any atom is -0.330 e. The Labute approximate surface area is 107 Å². The lowest BCUT2D eigenvalue weighted by Gasteiger charge is -2.23. The smallest absolute Gasteiger partial charge is 0.231 e. The molecule has 0 bridgehead atoms. The van der Waals surface area contributed by atoms with E-state index >= 15 is 0 Å². The van der Waals surface area contributed by atoms with Gasteiger partial charge >= 0.3 is 0 Å². The zero-order valence-electron chi connectivity index (χ0n) is 10.5. The molecule has 1 aromatic rings. The second kappa shape index (κ2) is 4.07. The number of carbonyl (C=O) groups is 1. The van der Waals surface area contributed by atoms with Gasteiger partial charge in [0.25, 0.3) is 0 Å². The number of carbonyl (C=O) groups excluding carboxylic acids is 1. The number of benzene rings is 1. The van der Waals surface area contributed by atoms with E-state index in [0.29, 0.717) is 19.5 Å². The highest BCUT2D eigenvalue weighted by Crippen LogP contribution is 2.47. The third kappa shape index (κ3) is 1.82. The largest absolute Gasteiger partial charge is 0.330 e. The first kappa shape index (κ1) is 11.7. The van der Waals surface area contributed by atoms with Gasteiger partial charge < -0.3 is 16.4 Å². The molecule has 1 heterocycles. The third-order valence-electron chi connectivity index (χ3n) is 4.20. The summed E-state index contributed by atoms with van der Waals surface area (Å²) in [5, 5.41) is 0. The molecule has 0 saturated heterocycles. The number of nitrogens with two attached hydrogens (primary N) is 2. The fourth-order valence-corrected chi connectivity index (χ4v) is 2.68. The van der Waals surface area contributed by atoms with E-state index < -0.39 is 0 Å². The second-order valence-corrected chi connectivity index (χ2v) is 5.53. The Hall–Kier alpha value is -1.39. The highest BCUT2D eigenvalue weighted by Gasteiger charge is 2.45. The molecule has 4 nitrogen and oxygen atoms in total. The number of hydrogen-bond donors (Lipinski definition) is 2. The van der Waals surface area contributed by atoms with Crippen LogP contribution in [0.4, 0.5) is 5.69 Å². The van der Waals surface area contributed by atoms with E-state index in [2.05, 4.69) is 6.07 Å². The first-order chi connectivity index (χ1) is 8.67. The molecule has 0 unspecified atom stereocenters. The van der Waals surface area contributed by atoms with E-state index in [4.69, 9.17) is 11.5 Å². The van der Waals surface area contributed by atoms with Crippen LogP contribution in [0.2, 0.25) is 0 Å². The van der Waals surface area contributed by atoms with Crippen LogP contribution >= 0.6 is 0 Å². The number of amides is 1. The predicted octanol–water partition coefficient (Wildman–Crippen LogP) is 0.773. The molecular weight excluding hydrogens is 226 g/mol. The van der Waals surface area contributed by atoms with Crippen LogP contribution in [-0.4, -0.2) is 19.0 Å². The van der Waals surface area contributed by atoms with Crippen molar-refractivity contribution in [1.82, 2.24) is 0 Å². The highest BCUT2D eigenvalue weighted by atomic mass is 16.2. The first-order valence-electron chi connectivity index (χ1n) is 6.50. The van der Waals surface area contributed by atoms with Crippen molar-refractivity contribution in [3.63, 3.8) is 0 Å². The molecule has 1 fully saturated rings. The highest BCUT2D eigenvalue weighted by molar-refractivity contribution is 6.01. The summed E-state index contributed by atoms with van der Waals surface area (Å²) in [6, 6.07) is 6.08. The summed E-state index contributed by atoms with van der Waals surface area (Å²) in [6.07, 6.45) is 2.79. The summed E-state index contributed by atoms with van der Waals surface area (Å²) < 4.78 is 0. The third-order valence-corrected chi connectivity index (χ3v) is 4.20. The Kier molecular flexibility index (Phi) is 2.64. The molecule has 1 aromatic carbocycles. The fraction of sp³-hybridized carbons (Fsp3) is 0.500. The molecule has 0 atom stereocenters. The van der Waals surface area contributed by atoms with Gasteiger partial charge in [0.15, 0.2) is 0 Å². The molecule has 0 spiro atoms. The maximum absolute atomic E-state index is 12.1. The van der Waals surface area contributed by atoms with Crippen molar-refractivity contribution in [1.29, 1.82) is 0 Å². The number of fused-ring (bicyclic) bond motifs is 1. The Morgan fingerprint density at radius 3 is 2.67 bits per heavy atom. The van der Waals surface area contributed by atoms with E-state index in [0.717, 1.165) is 36.2 Å². The van der Waals surface area contributed by atoms with E-state index in [9.17, 15) is 4.79 Å². The Morgan fingerprint density at radius 1 is 1.28 bits per heavy atom. The van der Waals surface area contributed by atoms with Gasteiger partial charge in [0.2, 0.25) is 5.91 Å². The molecule has 18 heavy (non-hydrogen) atoms.